The maximum absolute atomic E-state index is 11.1. The van der Waals surface area contributed by atoms with Crippen LogP contribution in [-0.4, -0.2) is 77.6 Å². The first kappa shape index (κ1) is 97.0. The van der Waals surface area contributed by atoms with E-state index in [-0.39, 0.29) is 31.9 Å². The molecular weight excluding hydrogens is 1880 g/mol. The van der Waals surface area contributed by atoms with Crippen LogP contribution in [-0.2, 0) is 296 Å². The number of halogens is 2. The second kappa shape index (κ2) is 66.2. The largest absolute Gasteiger partial charge is 0.507 e. The van der Waals surface area contributed by atoms with Gasteiger partial charge in [0.2, 0.25) is 0 Å². The van der Waals surface area contributed by atoms with E-state index in [4.69, 9.17) is 52.3 Å². The van der Waals surface area contributed by atoms with Gasteiger partial charge in [0.25, 0.3) is 0 Å². The molecule has 0 spiro atoms. The highest BCUT2D eigenvalue weighted by molar-refractivity contribution is 9.10. The molecule has 39 heteroatoms. The van der Waals surface area contributed by atoms with Crippen LogP contribution in [0.3, 0.4) is 0 Å². The van der Waals surface area contributed by atoms with Gasteiger partial charge < -0.3 is 38.3 Å². The van der Waals surface area contributed by atoms with Gasteiger partial charge in [0, 0.05) is 281 Å². The average molecular weight is 1940 g/mol. The zero-order valence-electron chi connectivity index (χ0n) is 53.5. The summed E-state index contributed by atoms with van der Waals surface area (Å²) < 4.78 is 39.7. The normalized spacial score (nSPS) is 9.30. The number of hydrogen-bond acceptors (Lipinski definition) is 19. The molecule has 0 bridgehead atoms. The van der Waals surface area contributed by atoms with Crippen LogP contribution in [0.5, 0.6) is 23.0 Å². The molecule has 0 fully saturated rings. The highest BCUT2D eigenvalue weighted by Crippen LogP contribution is 2.35. The van der Waals surface area contributed by atoms with Gasteiger partial charge in [-0.2, -0.15) is 19.2 Å². The van der Waals surface area contributed by atoms with Crippen molar-refractivity contribution < 1.29 is 62.2 Å². The summed E-state index contributed by atoms with van der Waals surface area (Å²) in [6.07, 6.45) is 3.89. The number of phenols is 1. The van der Waals surface area contributed by atoms with Crippen LogP contribution in [0.15, 0.2) is 167 Å². The summed E-state index contributed by atoms with van der Waals surface area (Å²) in [6, 6.07) is 53.2. The number of aromatic hydroxyl groups is 1. The third-order valence-corrected chi connectivity index (χ3v) is 48.3. The lowest BCUT2D eigenvalue weighted by molar-refractivity contribution is -0.193. The van der Waals surface area contributed by atoms with Crippen molar-refractivity contribution in [3.63, 3.8) is 0 Å². The van der Waals surface area contributed by atoms with Gasteiger partial charge in [0.15, 0.2) is 13.6 Å². The van der Waals surface area contributed by atoms with Gasteiger partial charge in [0.1, 0.15) is 23.0 Å². The fourth-order valence-electron chi connectivity index (χ4n) is 7.85. The van der Waals surface area contributed by atoms with E-state index in [1.807, 2.05) is 84.9 Å². The Kier molecular flexibility index (Phi) is 63.6. The minimum absolute atomic E-state index is 0.175. The number of fused-ring (bicyclic) bond motifs is 2. The summed E-state index contributed by atoms with van der Waals surface area (Å²) in [5.41, 5.74) is 9.10. The number of hydrogen-bond donors (Lipinski definition) is 1. The first-order chi connectivity index (χ1) is 49.2. The zero-order valence-corrected chi connectivity index (χ0v) is 76.3. The molecule has 8 aromatic carbocycles. The lowest BCUT2D eigenvalue weighted by atomic mass is 9.95. The molecule has 8 aromatic rings. The van der Waals surface area contributed by atoms with Crippen LogP contribution in [0.2, 0.25) is 0 Å². The fraction of sp³-hybridized carbons (Fsp3) is 0.242. The molecule has 0 aliphatic carbocycles. The standard InChI is InChI=1S/C29H30O4.C17H19BrO3.C14H13BrO2.2CO2.S12.S10.S2/c1-3-21-15-25-10-9-24(19-27(25)28(30)17-21)23-11-12-29(33-20-32-14-13-31-2)26(18-23)16-22-7-5-4-6-8-22;1-19-9-10-20-13-21-17-8-7-16(18)12-15(17)11-14-5-3-2-4-6-14;1-3-10-6-11-4-5-12(15)8-13(11)14(7-10)17-9(2)16;2*2-1-3;1-3-5-7-9-11-12-10-8-6-4-2;1-3-5-7-9-10-8-6-4-2;1-2/h4-12,15,17-19,30H,3,13-14,16,20H2,1-2H3;2-8,12H,9-11,13H2,1H3;4-8H,3H2,1-2H3;;;;;. The van der Waals surface area contributed by atoms with E-state index in [9.17, 15) is 9.90 Å². The van der Waals surface area contributed by atoms with Crippen molar-refractivity contribution in [2.45, 2.75) is 46.5 Å². The Hall–Kier alpha value is -2.01. The summed E-state index contributed by atoms with van der Waals surface area (Å²) in [5, 5.41) is 14.5. The van der Waals surface area contributed by atoms with E-state index < -0.39 is 0 Å². The zero-order chi connectivity index (χ0) is 74.5. The Bertz CT molecular complexity index is 4730. The molecule has 0 saturated heterocycles. The van der Waals surface area contributed by atoms with Gasteiger partial charge in [-0.1, -0.05) is 143 Å². The number of carbonyl (C=O) groups excluding carboxylic acids is 5. The van der Waals surface area contributed by atoms with Crippen molar-refractivity contribution in [2.24, 2.45) is 0 Å². The Balaban J connectivity index is 0.000000653. The first-order valence-corrected chi connectivity index (χ1v) is 57.5. The maximum Gasteiger partial charge on any atom is 0.373 e. The SMILES string of the molecule is CCc1cc(O)c2cc(-c3ccc(OCOCCOC)c(Cc4ccccc4)c3)ccc2c1.CCc1cc(OC(C)=O)c2cc(Br)ccc2c1.COCCOCOc1ccc(Br)cc1Cc1ccccc1.O=C=O.O=C=O.S=S.S=S=S=S=S=S=S=S=S=S.S=S=S=S=S=S=S=S=S=S=S=S. The summed E-state index contributed by atoms with van der Waals surface area (Å²) in [5.74, 6) is 2.31. The number of aryl methyl sites for hydroxylation is 2. The lowest BCUT2D eigenvalue weighted by Gasteiger charge is -2.15. The molecule has 101 heavy (non-hydrogen) atoms. The molecule has 0 amide bonds. The van der Waals surface area contributed by atoms with E-state index in [0.717, 1.165) is 101 Å². The van der Waals surface area contributed by atoms with Gasteiger partial charge in [0.05, 0.1) is 26.4 Å². The number of rotatable bonds is 20. The molecule has 0 atom stereocenters. The molecule has 13 nitrogen and oxygen atoms in total. The van der Waals surface area contributed by atoms with Crippen LogP contribution in [0, 0.1) is 0 Å². The molecule has 0 unspecified atom stereocenters. The van der Waals surface area contributed by atoms with Crippen molar-refractivity contribution in [1.82, 2.24) is 0 Å². The molecule has 0 radical (unpaired) electrons. The second-order valence-electron chi connectivity index (χ2n) is 17.9. The molecule has 1 N–H and O–H groups in total. The summed E-state index contributed by atoms with van der Waals surface area (Å²) in [7, 11) is 32.3. The van der Waals surface area contributed by atoms with E-state index in [1.54, 1.807) is 139 Å². The third kappa shape index (κ3) is 46.1. The number of methoxy groups -OCH3 is 2. The second-order valence-corrected chi connectivity index (χ2v) is 51.6. The molecular formula is C62H62Br2O13S24. The Morgan fingerprint density at radius 1 is 0.436 bits per heavy atom. The average Bonchev–Trinajstić information content (AvgIpc) is 0.803. The van der Waals surface area contributed by atoms with Crippen molar-refractivity contribution in [1.29, 1.82) is 0 Å². The molecule has 8 rings (SSSR count). The van der Waals surface area contributed by atoms with Crippen molar-refractivity contribution in [3.8, 4) is 34.1 Å². The van der Waals surface area contributed by atoms with Crippen LogP contribution in [0.4, 0.5) is 0 Å². The van der Waals surface area contributed by atoms with Crippen LogP contribution < -0.4 is 14.2 Å². The van der Waals surface area contributed by atoms with Gasteiger partial charge in [-0.3, -0.25) is 4.79 Å². The smallest absolute Gasteiger partial charge is 0.373 e. The molecule has 0 aliphatic rings. The predicted octanol–water partition coefficient (Wildman–Crippen LogP) is 13.3. The summed E-state index contributed by atoms with van der Waals surface area (Å²) in [6.45, 7) is 8.12. The lowest BCUT2D eigenvalue weighted by Crippen LogP contribution is -2.09. The minimum Gasteiger partial charge on any atom is -0.507 e. The fourth-order valence-corrected chi connectivity index (χ4v) is 47.0. The molecule has 546 valence electrons. The summed E-state index contributed by atoms with van der Waals surface area (Å²) >= 11 is 33.0. The van der Waals surface area contributed by atoms with E-state index in [0.29, 0.717) is 37.9 Å². The maximum atomic E-state index is 11.1. The number of carbonyl (C=O) groups is 1. The number of ether oxygens (including phenoxy) is 7. The Labute approximate surface area is 686 Å². The number of benzene rings is 8. The van der Waals surface area contributed by atoms with E-state index in [1.165, 1.54) is 53.6 Å². The van der Waals surface area contributed by atoms with Crippen LogP contribution in [0.25, 0.3) is 32.7 Å². The highest BCUT2D eigenvalue weighted by atomic mass is 79.9. The topological polar surface area (TPSA) is 170 Å². The van der Waals surface area contributed by atoms with E-state index >= 15 is 0 Å². The summed E-state index contributed by atoms with van der Waals surface area (Å²) in [4.78, 5) is 43.6. The van der Waals surface area contributed by atoms with Gasteiger partial charge in [-0.05, 0) is 129 Å². The number of phenolic OH excluding ortho intramolecular Hbond substituents is 1. The van der Waals surface area contributed by atoms with Crippen molar-refractivity contribution >= 4 is 299 Å². The molecule has 0 aromatic heterocycles. The molecule has 0 saturated carbocycles. The number of esters is 1. The quantitative estimate of drug-likeness (QED) is 0.0330. The van der Waals surface area contributed by atoms with Crippen LogP contribution in [0.1, 0.15) is 54.2 Å². The molecule has 0 heterocycles. The third-order valence-electron chi connectivity index (χ3n) is 11.8. The Morgan fingerprint density at radius 3 is 1.25 bits per heavy atom. The molecule has 0 aliphatic heterocycles. The minimum atomic E-state index is -0.292. The van der Waals surface area contributed by atoms with E-state index in [2.05, 4.69) is 186 Å². The highest BCUT2D eigenvalue weighted by Gasteiger charge is 2.12. The van der Waals surface area contributed by atoms with Gasteiger partial charge in [-0.15, -0.1) is 0 Å². The monoisotopic (exact) mass is 1940 g/mol. The van der Waals surface area contributed by atoms with Crippen LogP contribution >= 0.6 is 31.9 Å². The van der Waals surface area contributed by atoms with Crippen molar-refractivity contribution in [3.05, 3.63) is 200 Å². The van der Waals surface area contributed by atoms with Gasteiger partial charge >= 0.3 is 18.3 Å². The first-order valence-electron chi connectivity index (χ1n) is 27.9. The predicted molar refractivity (Wildman–Crippen MR) is 479 cm³/mol. The Morgan fingerprint density at radius 2 is 0.812 bits per heavy atom. The van der Waals surface area contributed by atoms with Crippen molar-refractivity contribution in [2.75, 3.05) is 54.2 Å². The van der Waals surface area contributed by atoms with Gasteiger partial charge in [-0.25, -0.2) is 0 Å².